The molecule has 0 saturated carbocycles. The van der Waals surface area contributed by atoms with Gasteiger partial charge in [-0.2, -0.15) is 5.10 Å². The number of hydrogen-bond acceptors (Lipinski definition) is 4. The van der Waals surface area contributed by atoms with Crippen LogP contribution in [0.5, 0.6) is 0 Å². The van der Waals surface area contributed by atoms with E-state index in [1.807, 2.05) is 27.4 Å². The fourth-order valence-electron chi connectivity index (χ4n) is 3.49. The monoisotopic (exact) mass is 343 g/mol. The zero-order chi connectivity index (χ0) is 16.4. The fourth-order valence-corrected chi connectivity index (χ4v) is 4.62. The SMILES string of the molecule is O=C(N[C@H]1CCSc2ccccc21)N1CCC[C@H](n2cncn2)C1. The number of fused-ring (bicyclic) bond motifs is 1. The summed E-state index contributed by atoms with van der Waals surface area (Å²) in [6.07, 6.45) is 6.30. The zero-order valence-electron chi connectivity index (χ0n) is 13.5. The van der Waals surface area contributed by atoms with Crippen molar-refractivity contribution in [3.8, 4) is 0 Å². The van der Waals surface area contributed by atoms with E-state index in [0.29, 0.717) is 6.54 Å². The Morgan fingerprint density at radius 2 is 2.21 bits per heavy atom. The Kier molecular flexibility index (Phi) is 4.42. The lowest BCUT2D eigenvalue weighted by molar-refractivity contribution is 0.159. The number of hydrogen-bond donors (Lipinski definition) is 1. The van der Waals surface area contributed by atoms with Gasteiger partial charge in [0.05, 0.1) is 12.1 Å². The predicted molar refractivity (Wildman–Crippen MR) is 92.9 cm³/mol. The molecule has 7 heteroatoms. The van der Waals surface area contributed by atoms with E-state index in [-0.39, 0.29) is 18.1 Å². The summed E-state index contributed by atoms with van der Waals surface area (Å²) >= 11 is 1.87. The van der Waals surface area contributed by atoms with Gasteiger partial charge in [-0.05, 0) is 30.9 Å². The quantitative estimate of drug-likeness (QED) is 0.911. The summed E-state index contributed by atoms with van der Waals surface area (Å²) in [6.45, 7) is 1.50. The third-order valence-corrected chi connectivity index (χ3v) is 5.87. The maximum atomic E-state index is 12.8. The number of rotatable bonds is 2. The van der Waals surface area contributed by atoms with Gasteiger partial charge in [-0.3, -0.25) is 0 Å². The molecule has 6 nitrogen and oxygen atoms in total. The number of carbonyl (C=O) groups excluding carboxylic acids is 1. The Bertz CT molecular complexity index is 705. The maximum Gasteiger partial charge on any atom is 0.317 e. The lowest BCUT2D eigenvalue weighted by atomic mass is 10.0. The third kappa shape index (κ3) is 3.13. The van der Waals surface area contributed by atoms with E-state index in [9.17, 15) is 4.79 Å². The number of carbonyl (C=O) groups is 1. The molecular weight excluding hydrogens is 322 g/mol. The second kappa shape index (κ2) is 6.84. The van der Waals surface area contributed by atoms with Crippen molar-refractivity contribution in [3.63, 3.8) is 0 Å². The van der Waals surface area contributed by atoms with Crippen molar-refractivity contribution >= 4 is 17.8 Å². The van der Waals surface area contributed by atoms with Gasteiger partial charge in [0.1, 0.15) is 12.7 Å². The minimum absolute atomic E-state index is 0.0338. The van der Waals surface area contributed by atoms with Crippen LogP contribution in [0.15, 0.2) is 41.8 Å². The fraction of sp³-hybridized carbons (Fsp3) is 0.471. The van der Waals surface area contributed by atoms with Crippen molar-refractivity contribution in [2.24, 2.45) is 0 Å². The molecule has 1 aromatic heterocycles. The van der Waals surface area contributed by atoms with E-state index in [2.05, 4.69) is 33.6 Å². The largest absolute Gasteiger partial charge is 0.331 e. The van der Waals surface area contributed by atoms with Crippen molar-refractivity contribution in [2.45, 2.75) is 36.2 Å². The van der Waals surface area contributed by atoms with E-state index in [1.165, 1.54) is 10.5 Å². The average molecular weight is 343 g/mol. The number of nitrogens with one attached hydrogen (secondary N) is 1. The number of thioether (sulfide) groups is 1. The van der Waals surface area contributed by atoms with Crippen LogP contribution in [-0.2, 0) is 0 Å². The lowest BCUT2D eigenvalue weighted by Crippen LogP contribution is -2.47. The van der Waals surface area contributed by atoms with Crippen LogP contribution in [0.3, 0.4) is 0 Å². The number of benzene rings is 1. The molecule has 0 bridgehead atoms. The van der Waals surface area contributed by atoms with Gasteiger partial charge < -0.3 is 10.2 Å². The van der Waals surface area contributed by atoms with Gasteiger partial charge in [0.15, 0.2) is 0 Å². The Balaban J connectivity index is 1.43. The highest BCUT2D eigenvalue weighted by molar-refractivity contribution is 7.99. The number of aromatic nitrogens is 3. The molecule has 1 fully saturated rings. The van der Waals surface area contributed by atoms with Crippen LogP contribution in [-0.4, -0.2) is 44.5 Å². The number of amides is 2. The molecule has 1 N–H and O–H groups in total. The molecule has 0 aliphatic carbocycles. The number of piperidine rings is 1. The predicted octanol–water partition coefficient (Wildman–Crippen LogP) is 2.86. The van der Waals surface area contributed by atoms with Gasteiger partial charge in [0, 0.05) is 23.7 Å². The van der Waals surface area contributed by atoms with E-state index in [0.717, 1.165) is 31.6 Å². The first-order valence-corrected chi connectivity index (χ1v) is 9.41. The van der Waals surface area contributed by atoms with Gasteiger partial charge in [0.2, 0.25) is 0 Å². The first kappa shape index (κ1) is 15.5. The highest BCUT2D eigenvalue weighted by Gasteiger charge is 2.28. The second-order valence-corrected chi connectivity index (χ2v) is 7.43. The summed E-state index contributed by atoms with van der Waals surface area (Å²) in [5.41, 5.74) is 1.24. The molecule has 2 aromatic rings. The Morgan fingerprint density at radius 1 is 1.29 bits per heavy atom. The molecule has 24 heavy (non-hydrogen) atoms. The topological polar surface area (TPSA) is 63.1 Å². The van der Waals surface area contributed by atoms with Crippen LogP contribution in [0.1, 0.15) is 36.9 Å². The maximum absolute atomic E-state index is 12.8. The molecule has 2 aliphatic heterocycles. The molecule has 126 valence electrons. The normalized spacial score (nSPS) is 23.6. The molecular formula is C17H21N5OS. The van der Waals surface area contributed by atoms with E-state index < -0.39 is 0 Å². The molecule has 4 rings (SSSR count). The van der Waals surface area contributed by atoms with Gasteiger partial charge in [-0.25, -0.2) is 14.5 Å². The summed E-state index contributed by atoms with van der Waals surface area (Å²) in [5, 5.41) is 7.46. The van der Waals surface area contributed by atoms with Gasteiger partial charge >= 0.3 is 6.03 Å². The van der Waals surface area contributed by atoms with Crippen LogP contribution in [0.2, 0.25) is 0 Å². The van der Waals surface area contributed by atoms with Crippen LogP contribution < -0.4 is 5.32 Å². The zero-order valence-corrected chi connectivity index (χ0v) is 14.3. The smallest absolute Gasteiger partial charge is 0.317 e. The average Bonchev–Trinajstić information content (AvgIpc) is 3.17. The number of likely N-dealkylation sites (tertiary alicyclic amines) is 1. The minimum Gasteiger partial charge on any atom is -0.331 e. The van der Waals surface area contributed by atoms with Gasteiger partial charge in [-0.1, -0.05) is 18.2 Å². The van der Waals surface area contributed by atoms with Crippen LogP contribution >= 0.6 is 11.8 Å². The lowest BCUT2D eigenvalue weighted by Gasteiger charge is -2.34. The highest BCUT2D eigenvalue weighted by atomic mass is 32.2. The molecule has 2 amide bonds. The summed E-state index contributed by atoms with van der Waals surface area (Å²) in [5.74, 6) is 1.05. The molecule has 0 spiro atoms. The standard InChI is InChI=1S/C17H21N5OS/c23-17(20-15-7-9-24-16-6-2-1-5-14(15)16)21-8-3-4-13(10-21)22-12-18-11-19-22/h1-2,5-6,11-13,15H,3-4,7-10H2,(H,20,23)/t13-,15-/m0/s1. The molecule has 2 atom stereocenters. The van der Waals surface area contributed by atoms with Crippen molar-refractivity contribution < 1.29 is 4.79 Å². The summed E-state index contributed by atoms with van der Waals surface area (Å²) < 4.78 is 1.87. The van der Waals surface area contributed by atoms with Gasteiger partial charge in [0.25, 0.3) is 0 Å². The molecule has 0 radical (unpaired) electrons. The summed E-state index contributed by atoms with van der Waals surface area (Å²) in [4.78, 5) is 20.0. The van der Waals surface area contributed by atoms with E-state index in [4.69, 9.17) is 0 Å². The first-order valence-electron chi connectivity index (χ1n) is 8.42. The van der Waals surface area contributed by atoms with Crippen molar-refractivity contribution in [3.05, 3.63) is 42.5 Å². The molecule has 3 heterocycles. The van der Waals surface area contributed by atoms with E-state index >= 15 is 0 Å². The number of urea groups is 1. The Labute approximate surface area is 145 Å². The van der Waals surface area contributed by atoms with Crippen LogP contribution in [0, 0.1) is 0 Å². The summed E-state index contributed by atoms with van der Waals surface area (Å²) in [7, 11) is 0. The van der Waals surface area contributed by atoms with E-state index in [1.54, 1.807) is 12.7 Å². The molecule has 1 saturated heterocycles. The third-order valence-electron chi connectivity index (χ3n) is 4.75. The van der Waals surface area contributed by atoms with Crippen LogP contribution in [0.4, 0.5) is 4.79 Å². The first-order chi connectivity index (χ1) is 11.8. The Hall–Kier alpha value is -2.02. The van der Waals surface area contributed by atoms with Gasteiger partial charge in [-0.15, -0.1) is 11.8 Å². The molecule has 1 aromatic carbocycles. The Morgan fingerprint density at radius 3 is 3.08 bits per heavy atom. The van der Waals surface area contributed by atoms with Crippen molar-refractivity contribution in [2.75, 3.05) is 18.8 Å². The second-order valence-electron chi connectivity index (χ2n) is 6.29. The molecule has 0 unspecified atom stereocenters. The van der Waals surface area contributed by atoms with Crippen molar-refractivity contribution in [1.29, 1.82) is 0 Å². The van der Waals surface area contributed by atoms with Crippen LogP contribution in [0.25, 0.3) is 0 Å². The summed E-state index contributed by atoms with van der Waals surface area (Å²) in [6, 6.07) is 8.74. The highest BCUT2D eigenvalue weighted by Crippen LogP contribution is 2.36. The number of nitrogens with zero attached hydrogens (tertiary/aromatic N) is 4. The van der Waals surface area contributed by atoms with Crippen molar-refractivity contribution in [1.82, 2.24) is 25.0 Å². The molecule has 2 aliphatic rings. The minimum atomic E-state index is 0.0338.